The van der Waals surface area contributed by atoms with Crippen LogP contribution in [0.4, 0.5) is 5.69 Å². The number of nitrogens with zero attached hydrogens (tertiary/aromatic N) is 5. The van der Waals surface area contributed by atoms with Gasteiger partial charge in [0.1, 0.15) is 0 Å². The maximum Gasteiger partial charge on any atom is 0.216 e. The Hall–Kier alpha value is -3.71. The molecule has 34 heavy (non-hydrogen) atoms. The van der Waals surface area contributed by atoms with E-state index < -0.39 is 0 Å². The zero-order chi connectivity index (χ0) is 23.7. The summed E-state index contributed by atoms with van der Waals surface area (Å²) in [6.07, 6.45) is 1.84. The summed E-state index contributed by atoms with van der Waals surface area (Å²) >= 11 is 5.47. The lowest BCUT2D eigenvalue weighted by Crippen LogP contribution is -2.21. The first-order valence-electron chi connectivity index (χ1n) is 11.7. The van der Waals surface area contributed by atoms with Gasteiger partial charge in [-0.05, 0) is 81.0 Å². The molecule has 6 nitrogen and oxygen atoms in total. The molecule has 172 valence electrons. The molecule has 0 unspecified atom stereocenters. The molecule has 0 spiro atoms. The van der Waals surface area contributed by atoms with Crippen LogP contribution in [0.15, 0.2) is 71.8 Å². The van der Waals surface area contributed by atoms with E-state index >= 15 is 0 Å². The summed E-state index contributed by atoms with van der Waals surface area (Å²) in [6, 6.07) is 23.4. The molecule has 0 radical (unpaired) electrons. The van der Waals surface area contributed by atoms with E-state index in [-0.39, 0.29) is 0 Å². The maximum absolute atomic E-state index is 5.47. The molecule has 2 heterocycles. The summed E-state index contributed by atoms with van der Waals surface area (Å²) in [7, 11) is 0. The van der Waals surface area contributed by atoms with E-state index in [0.29, 0.717) is 10.6 Å². The smallest absolute Gasteiger partial charge is 0.216 e. The number of fused-ring (bicyclic) bond motifs is 3. The average molecular weight is 469 g/mol. The first kappa shape index (κ1) is 22.1. The van der Waals surface area contributed by atoms with Crippen molar-refractivity contribution >= 4 is 45.9 Å². The zero-order valence-electron chi connectivity index (χ0n) is 19.7. The Labute approximate surface area is 204 Å². The molecule has 0 saturated heterocycles. The normalized spacial score (nSPS) is 11.7. The second kappa shape index (κ2) is 9.27. The van der Waals surface area contributed by atoms with Gasteiger partial charge in [-0.25, -0.2) is 5.10 Å². The Bertz CT molecular complexity index is 1530. The van der Waals surface area contributed by atoms with Crippen LogP contribution in [0.5, 0.6) is 0 Å². The zero-order valence-corrected chi connectivity index (χ0v) is 20.5. The van der Waals surface area contributed by atoms with Crippen LogP contribution in [-0.2, 0) is 6.54 Å². The number of aromatic nitrogens is 4. The Morgan fingerprint density at radius 1 is 0.941 bits per heavy atom. The molecule has 0 amide bonds. The fraction of sp³-hybridized carbons (Fsp3) is 0.222. The standard InChI is InChI=1S/C27H28N6S/c1-4-31(5-2)21-14-12-20(13-15-21)26-29-30-27(34)33(26)28-18-19-11-16-25-23(17-19)22-9-7-8-10-24(22)32(25)6-3/h7-18H,4-6H2,1-3H3,(H,30,34). The highest BCUT2D eigenvalue weighted by Gasteiger charge is 2.11. The summed E-state index contributed by atoms with van der Waals surface area (Å²) in [5, 5.41) is 14.5. The lowest BCUT2D eigenvalue weighted by Gasteiger charge is -2.20. The Morgan fingerprint density at radius 2 is 1.68 bits per heavy atom. The number of para-hydroxylation sites is 1. The topological polar surface area (TPSA) is 54.1 Å². The number of anilines is 1. The van der Waals surface area contributed by atoms with Crippen molar-refractivity contribution in [2.45, 2.75) is 27.3 Å². The number of nitrogens with one attached hydrogen (secondary N) is 1. The summed E-state index contributed by atoms with van der Waals surface area (Å²) in [6.45, 7) is 9.37. The van der Waals surface area contributed by atoms with Gasteiger partial charge in [0.2, 0.25) is 4.77 Å². The fourth-order valence-electron chi connectivity index (χ4n) is 4.61. The molecule has 0 aliphatic rings. The van der Waals surface area contributed by atoms with Gasteiger partial charge in [0, 0.05) is 52.7 Å². The quantitative estimate of drug-likeness (QED) is 0.220. The van der Waals surface area contributed by atoms with Crippen LogP contribution >= 0.6 is 12.2 Å². The van der Waals surface area contributed by atoms with E-state index in [9.17, 15) is 0 Å². The van der Waals surface area contributed by atoms with E-state index in [1.54, 1.807) is 4.68 Å². The summed E-state index contributed by atoms with van der Waals surface area (Å²) in [5.74, 6) is 0.691. The molecule has 2 aromatic heterocycles. The predicted molar refractivity (Wildman–Crippen MR) is 145 cm³/mol. The molecule has 7 heteroatoms. The van der Waals surface area contributed by atoms with E-state index in [2.05, 4.69) is 107 Å². The van der Waals surface area contributed by atoms with Crippen molar-refractivity contribution < 1.29 is 0 Å². The second-order valence-corrected chi connectivity index (χ2v) is 8.55. The van der Waals surface area contributed by atoms with Crippen LogP contribution in [0, 0.1) is 4.77 Å². The van der Waals surface area contributed by atoms with Gasteiger partial charge in [-0.3, -0.25) is 0 Å². The minimum absolute atomic E-state index is 0.461. The van der Waals surface area contributed by atoms with Gasteiger partial charge in [-0.1, -0.05) is 24.3 Å². The first-order chi connectivity index (χ1) is 16.6. The molecule has 0 saturated carbocycles. The molecule has 3 aromatic carbocycles. The minimum atomic E-state index is 0.461. The van der Waals surface area contributed by atoms with E-state index in [4.69, 9.17) is 17.3 Å². The number of benzene rings is 3. The van der Waals surface area contributed by atoms with Crippen LogP contribution in [0.3, 0.4) is 0 Å². The molecule has 5 aromatic rings. The number of H-pyrrole nitrogens is 1. The molecular formula is C27H28N6S. The van der Waals surface area contributed by atoms with Crippen molar-refractivity contribution in [3.8, 4) is 11.4 Å². The highest BCUT2D eigenvalue weighted by Crippen LogP contribution is 2.29. The number of hydrogen-bond acceptors (Lipinski definition) is 4. The lowest BCUT2D eigenvalue weighted by atomic mass is 10.1. The maximum atomic E-state index is 5.47. The summed E-state index contributed by atoms with van der Waals surface area (Å²) in [4.78, 5) is 2.31. The highest BCUT2D eigenvalue weighted by molar-refractivity contribution is 7.71. The summed E-state index contributed by atoms with van der Waals surface area (Å²) < 4.78 is 4.49. The number of hydrogen-bond donors (Lipinski definition) is 1. The van der Waals surface area contributed by atoms with Crippen molar-refractivity contribution in [2.24, 2.45) is 5.10 Å². The Balaban J connectivity index is 1.51. The van der Waals surface area contributed by atoms with Gasteiger partial charge < -0.3 is 9.47 Å². The average Bonchev–Trinajstić information content (AvgIpc) is 3.40. The monoisotopic (exact) mass is 468 g/mol. The van der Waals surface area contributed by atoms with Gasteiger partial charge in [-0.2, -0.15) is 14.9 Å². The first-order valence-corrected chi connectivity index (χ1v) is 12.1. The third-order valence-electron chi connectivity index (χ3n) is 6.34. The second-order valence-electron chi connectivity index (χ2n) is 8.17. The number of aromatic amines is 1. The molecule has 0 atom stereocenters. The Kier molecular flexibility index (Phi) is 6.02. The van der Waals surface area contributed by atoms with Gasteiger partial charge in [0.05, 0.1) is 6.21 Å². The molecule has 0 aliphatic heterocycles. The van der Waals surface area contributed by atoms with Gasteiger partial charge in [0.25, 0.3) is 0 Å². The molecule has 0 fully saturated rings. The van der Waals surface area contributed by atoms with Gasteiger partial charge >= 0.3 is 0 Å². The minimum Gasteiger partial charge on any atom is -0.372 e. The molecule has 0 bridgehead atoms. The lowest BCUT2D eigenvalue weighted by molar-refractivity contribution is 0.827. The fourth-order valence-corrected chi connectivity index (χ4v) is 4.79. The van der Waals surface area contributed by atoms with Crippen LogP contribution < -0.4 is 4.90 Å². The largest absolute Gasteiger partial charge is 0.372 e. The highest BCUT2D eigenvalue weighted by atomic mass is 32.1. The van der Waals surface area contributed by atoms with Crippen molar-refractivity contribution in [1.29, 1.82) is 0 Å². The van der Waals surface area contributed by atoms with E-state index in [1.165, 1.54) is 27.5 Å². The number of aryl methyl sites for hydroxylation is 1. The van der Waals surface area contributed by atoms with Crippen molar-refractivity contribution in [1.82, 2.24) is 19.4 Å². The van der Waals surface area contributed by atoms with Crippen LogP contribution in [0.1, 0.15) is 26.3 Å². The third-order valence-corrected chi connectivity index (χ3v) is 6.60. The molecule has 0 aliphatic carbocycles. The van der Waals surface area contributed by atoms with Gasteiger partial charge in [0.15, 0.2) is 5.82 Å². The number of rotatable bonds is 7. The van der Waals surface area contributed by atoms with E-state index in [1.807, 2.05) is 6.21 Å². The molecular weight excluding hydrogens is 440 g/mol. The van der Waals surface area contributed by atoms with Crippen LogP contribution in [0.2, 0.25) is 0 Å². The summed E-state index contributed by atoms with van der Waals surface area (Å²) in [5.41, 5.74) is 5.65. The van der Waals surface area contributed by atoms with Gasteiger partial charge in [-0.15, -0.1) is 0 Å². The van der Waals surface area contributed by atoms with E-state index in [0.717, 1.165) is 30.8 Å². The molecule has 5 rings (SSSR count). The van der Waals surface area contributed by atoms with Crippen molar-refractivity contribution in [3.63, 3.8) is 0 Å². The van der Waals surface area contributed by atoms with Crippen LogP contribution in [0.25, 0.3) is 33.2 Å². The molecule has 1 N–H and O–H groups in total. The van der Waals surface area contributed by atoms with Crippen molar-refractivity contribution in [3.05, 3.63) is 77.1 Å². The SMILES string of the molecule is CCN(CC)c1ccc(-c2n[nH]c(=S)n2N=Cc2ccc3c(c2)c2ccccc2n3CC)cc1. The Morgan fingerprint density at radius 3 is 2.41 bits per heavy atom. The third kappa shape index (κ3) is 3.82. The predicted octanol–water partition coefficient (Wildman–Crippen LogP) is 6.46. The van der Waals surface area contributed by atoms with Crippen molar-refractivity contribution in [2.75, 3.05) is 18.0 Å². The van der Waals surface area contributed by atoms with Crippen LogP contribution in [-0.4, -0.2) is 38.7 Å².